The van der Waals surface area contributed by atoms with Crippen LogP contribution in [0.15, 0.2) is 48.5 Å². The maximum atomic E-state index is 12.2. The molecule has 0 radical (unpaired) electrons. The molecule has 4 N–H and O–H groups in total. The molecule has 0 spiro atoms. The number of benzene rings is 4. The average Bonchev–Trinajstić information content (AvgIpc) is 3.16. The van der Waals surface area contributed by atoms with Crippen molar-refractivity contribution in [3.63, 3.8) is 0 Å². The molecule has 0 bridgehead atoms. The van der Waals surface area contributed by atoms with Crippen LogP contribution in [0.1, 0.15) is 73.6 Å². The molecule has 2 aliphatic carbocycles. The van der Waals surface area contributed by atoms with Crippen molar-refractivity contribution in [2.24, 2.45) is 0 Å². The first-order valence-electron chi connectivity index (χ1n) is 18.2. The van der Waals surface area contributed by atoms with Crippen LogP contribution in [0.3, 0.4) is 0 Å². The zero-order chi connectivity index (χ0) is 40.5. The zero-order valence-corrected chi connectivity index (χ0v) is 39.1. The summed E-state index contributed by atoms with van der Waals surface area (Å²) in [6, 6.07) is 13.0. The fraction of sp³-hybridized carbons (Fsp3) is 0.400. The van der Waals surface area contributed by atoms with E-state index in [4.69, 9.17) is 92.8 Å². The third kappa shape index (κ3) is 14.1. The smallest absolute Gasteiger partial charge is 0.871 e. The van der Waals surface area contributed by atoms with Gasteiger partial charge in [-0.1, -0.05) is 141 Å². The van der Waals surface area contributed by atoms with Crippen LogP contribution in [0.25, 0.3) is 0 Å². The van der Waals surface area contributed by atoms with Crippen molar-refractivity contribution in [2.75, 3.05) is 0 Å². The predicted molar refractivity (Wildman–Crippen MR) is 223 cm³/mol. The van der Waals surface area contributed by atoms with Gasteiger partial charge in [0.1, 0.15) is 0 Å². The van der Waals surface area contributed by atoms with E-state index in [0.717, 1.165) is 51.4 Å². The van der Waals surface area contributed by atoms with Gasteiger partial charge in [-0.2, -0.15) is 0 Å². The maximum absolute atomic E-state index is 12.2. The Bertz CT molecular complexity index is 1700. The Balaban J connectivity index is 0.000000248. The second kappa shape index (κ2) is 23.4. The predicted octanol–water partition coefficient (Wildman–Crippen LogP) is 9.27. The first-order valence-corrected chi connectivity index (χ1v) is 21.3. The summed E-state index contributed by atoms with van der Waals surface area (Å²) < 4.78 is 0. The van der Waals surface area contributed by atoms with Crippen LogP contribution < -0.4 is 41.7 Å². The van der Waals surface area contributed by atoms with E-state index in [1.807, 2.05) is 0 Å². The molecule has 4 atom stereocenters. The minimum Gasteiger partial charge on any atom is -0.871 e. The van der Waals surface area contributed by atoms with Crippen molar-refractivity contribution in [3.05, 3.63) is 111 Å². The Kier molecular flexibility index (Phi) is 20.0. The Labute approximate surface area is 392 Å². The molecule has 17 heteroatoms. The van der Waals surface area contributed by atoms with E-state index in [1.165, 1.54) is 24.3 Å². The fourth-order valence-corrected chi connectivity index (χ4v) is 9.33. The van der Waals surface area contributed by atoms with Gasteiger partial charge in [-0.25, -0.2) is 0 Å². The van der Waals surface area contributed by atoms with E-state index in [1.54, 1.807) is 24.3 Å². The van der Waals surface area contributed by atoms with Crippen molar-refractivity contribution in [3.8, 4) is 23.0 Å². The fourth-order valence-electron chi connectivity index (χ4n) is 7.18. The van der Waals surface area contributed by atoms with Gasteiger partial charge in [0.25, 0.3) is 0 Å². The molecule has 4 aromatic carbocycles. The summed E-state index contributed by atoms with van der Waals surface area (Å²) in [7, 11) is 0. The molecule has 0 aliphatic heterocycles. The van der Waals surface area contributed by atoms with Crippen molar-refractivity contribution >= 4 is 92.8 Å². The molecule has 0 unspecified atom stereocenters. The largest absolute Gasteiger partial charge is 4.00 e. The Morgan fingerprint density at radius 3 is 0.754 bits per heavy atom. The molecular weight excluding hydrogens is 975 g/mol. The summed E-state index contributed by atoms with van der Waals surface area (Å²) in [5, 5.41) is 64.8. The molecule has 57 heavy (non-hydrogen) atoms. The molecule has 4 aromatic rings. The topological polar surface area (TPSA) is 140 Å². The van der Waals surface area contributed by atoms with Gasteiger partial charge < -0.3 is 41.7 Å². The van der Waals surface area contributed by atoms with Crippen LogP contribution in [-0.4, -0.2) is 24.2 Å². The standard InChI is InChI=1S/2C20H22Cl4N2O2.Zr/c2*21-13-5-11(19(27)15(23)7-13)9-25-17-3-1-2-4-18(17)26-10-12-6-14(22)8-16(24)20(12)28;/h2*5-8,17-18,25-28H,1-4,9-10H2;/q;;+4/p-4/t2*17-,18-;/m11./s1. The zero-order valence-electron chi connectivity index (χ0n) is 30.6. The summed E-state index contributed by atoms with van der Waals surface area (Å²) in [4.78, 5) is 0. The minimum absolute atomic E-state index is 0. The van der Waals surface area contributed by atoms with E-state index < -0.39 is 0 Å². The van der Waals surface area contributed by atoms with Gasteiger partial charge in [0.2, 0.25) is 0 Å². The number of hydrogen-bond acceptors (Lipinski definition) is 8. The van der Waals surface area contributed by atoms with Crippen molar-refractivity contribution < 1.29 is 46.6 Å². The molecule has 8 nitrogen and oxygen atoms in total. The molecule has 304 valence electrons. The van der Waals surface area contributed by atoms with Gasteiger partial charge in [-0.3, -0.25) is 0 Å². The van der Waals surface area contributed by atoms with Crippen molar-refractivity contribution in [2.45, 2.75) is 102 Å². The molecular formula is C40H40Cl8N4O4Zr. The van der Waals surface area contributed by atoms with Crippen LogP contribution in [-0.2, 0) is 52.4 Å². The van der Waals surface area contributed by atoms with Gasteiger partial charge in [-0.15, -0.1) is 0 Å². The van der Waals surface area contributed by atoms with Gasteiger partial charge >= 0.3 is 26.2 Å². The molecule has 2 aliphatic rings. The van der Waals surface area contributed by atoms with E-state index in [-0.39, 0.29) is 93.5 Å². The monoisotopic (exact) mass is 1010 g/mol. The number of hydrogen-bond donors (Lipinski definition) is 4. The van der Waals surface area contributed by atoms with E-state index in [0.29, 0.717) is 68.5 Å². The molecule has 0 aromatic heterocycles. The SMILES string of the molecule is [O-]c1c(Cl)cc(Cl)cc1CN[C@@H]1CCCC[C@H]1NCc1cc(Cl)cc(Cl)c1[O-].[O-]c1c(Cl)cc(Cl)cc1CN[C@@H]1CCCC[C@H]1NCc1cc(Cl)cc(Cl)c1[O-].[Zr+4]. The summed E-state index contributed by atoms with van der Waals surface area (Å²) in [6.07, 6.45) is 8.31. The Morgan fingerprint density at radius 2 is 0.561 bits per heavy atom. The molecule has 6 rings (SSSR count). The quantitative estimate of drug-likeness (QED) is 0.110. The van der Waals surface area contributed by atoms with Gasteiger partial charge in [0.05, 0.1) is 0 Å². The first-order chi connectivity index (χ1) is 26.7. The number of rotatable bonds is 12. The molecule has 2 saturated carbocycles. The molecule has 0 amide bonds. The van der Waals surface area contributed by atoms with Crippen molar-refractivity contribution in [1.29, 1.82) is 0 Å². The average molecular weight is 1020 g/mol. The molecule has 0 heterocycles. The normalized spacial score (nSPS) is 19.4. The van der Waals surface area contributed by atoms with Crippen LogP contribution in [0.5, 0.6) is 23.0 Å². The second-order valence-corrected chi connectivity index (χ2v) is 17.4. The maximum Gasteiger partial charge on any atom is 4.00 e. The molecule has 2 fully saturated rings. The van der Waals surface area contributed by atoms with Crippen molar-refractivity contribution in [1.82, 2.24) is 21.3 Å². The molecule has 0 saturated heterocycles. The van der Waals surface area contributed by atoms with Gasteiger partial charge in [0.15, 0.2) is 0 Å². The third-order valence-electron chi connectivity index (χ3n) is 10.1. The van der Waals surface area contributed by atoms with Crippen LogP contribution in [0.4, 0.5) is 0 Å². The summed E-state index contributed by atoms with van der Waals surface area (Å²) in [5.74, 6) is -0.821. The van der Waals surface area contributed by atoms with E-state index >= 15 is 0 Å². The second-order valence-electron chi connectivity index (χ2n) is 14.0. The Hall–Kier alpha value is -0.877. The van der Waals surface area contributed by atoms with E-state index in [2.05, 4.69) is 21.3 Å². The summed E-state index contributed by atoms with van der Waals surface area (Å²) in [6.45, 7) is 1.55. The van der Waals surface area contributed by atoms with Crippen LogP contribution in [0, 0.1) is 0 Å². The Morgan fingerprint density at radius 1 is 0.368 bits per heavy atom. The third-order valence-corrected chi connectivity index (χ3v) is 12.1. The van der Waals surface area contributed by atoms with E-state index in [9.17, 15) is 20.4 Å². The summed E-state index contributed by atoms with van der Waals surface area (Å²) in [5.41, 5.74) is 2.19. The number of nitrogens with one attached hydrogen (secondary N) is 4. The van der Waals surface area contributed by atoms with Crippen LogP contribution >= 0.6 is 92.8 Å². The van der Waals surface area contributed by atoms with Crippen LogP contribution in [0.2, 0.25) is 40.2 Å². The number of halogens is 8. The van der Waals surface area contributed by atoms with Gasteiger partial charge in [-0.05, 0) is 96.5 Å². The summed E-state index contributed by atoms with van der Waals surface area (Å²) >= 11 is 47.8. The minimum atomic E-state index is -0.205. The van der Waals surface area contributed by atoms with Gasteiger partial charge in [0, 0.05) is 90.5 Å². The first kappa shape index (κ1) is 48.8.